The number of likely N-dealkylation sites (N-methyl/N-ethyl adjacent to an activating group) is 1. The Balaban J connectivity index is 1.52. The summed E-state index contributed by atoms with van der Waals surface area (Å²) in [6, 6.07) is 19.8. The van der Waals surface area contributed by atoms with E-state index in [2.05, 4.69) is 9.97 Å². The van der Waals surface area contributed by atoms with E-state index in [1.165, 1.54) is 4.90 Å². The van der Waals surface area contributed by atoms with Gasteiger partial charge < -0.3 is 20.4 Å². The molecule has 4 rings (SSSR count). The third-order valence-electron chi connectivity index (χ3n) is 5.10. The average molecular weight is 469 g/mol. The number of fused-ring (bicyclic) bond motifs is 1. The number of anilines is 1. The minimum Gasteiger partial charge on any atom is -0.375 e. The number of nitrogens with zero attached hydrogens (tertiary/aromatic N) is 2. The van der Waals surface area contributed by atoms with Crippen LogP contribution < -0.4 is 10.6 Å². The van der Waals surface area contributed by atoms with Gasteiger partial charge in [-0.1, -0.05) is 65.7 Å². The van der Waals surface area contributed by atoms with Gasteiger partial charge in [0, 0.05) is 12.6 Å². The number of rotatable bonds is 7. The van der Waals surface area contributed by atoms with E-state index >= 15 is 0 Å². The van der Waals surface area contributed by atoms with Crippen LogP contribution in [0.5, 0.6) is 0 Å². The van der Waals surface area contributed by atoms with Gasteiger partial charge in [-0.25, -0.2) is 4.98 Å². The molecule has 0 radical (unpaired) electrons. The number of aromatic nitrogens is 2. The number of carbonyl (C=O) groups is 1. The largest absolute Gasteiger partial charge is 0.375 e. The van der Waals surface area contributed by atoms with Crippen molar-refractivity contribution in [3.63, 3.8) is 0 Å². The lowest BCUT2D eigenvalue weighted by Gasteiger charge is -2.23. The summed E-state index contributed by atoms with van der Waals surface area (Å²) in [6.45, 7) is 0.508. The highest BCUT2D eigenvalue weighted by Gasteiger charge is 2.22. The lowest BCUT2D eigenvalue weighted by Crippen LogP contribution is -2.44. The highest BCUT2D eigenvalue weighted by Crippen LogP contribution is 2.32. The topological polar surface area (TPSA) is 84.2 Å². The summed E-state index contributed by atoms with van der Waals surface area (Å²) < 4.78 is 5.65. The fourth-order valence-electron chi connectivity index (χ4n) is 3.42. The molecule has 164 valence electrons. The number of amides is 1. The van der Waals surface area contributed by atoms with Gasteiger partial charge >= 0.3 is 0 Å². The molecule has 0 fully saturated rings. The Bertz CT molecular complexity index is 1200. The SMILES string of the molecule is CN(C(=O)C(N)COCc1ccccc1)c1ccccc1-c1nc2cc(Cl)c(Cl)cc2[nH]1. The number of nitrogens with one attached hydrogen (secondary N) is 1. The quantitative estimate of drug-likeness (QED) is 0.397. The molecule has 32 heavy (non-hydrogen) atoms. The van der Waals surface area contributed by atoms with E-state index in [0.29, 0.717) is 33.7 Å². The molecule has 0 bridgehead atoms. The van der Waals surface area contributed by atoms with Crippen molar-refractivity contribution in [1.82, 2.24) is 9.97 Å². The first-order valence-electron chi connectivity index (χ1n) is 10.0. The van der Waals surface area contributed by atoms with Crippen molar-refractivity contribution in [3.8, 4) is 11.4 Å². The molecule has 0 aliphatic carbocycles. The van der Waals surface area contributed by atoms with Crippen molar-refractivity contribution in [2.45, 2.75) is 12.6 Å². The third kappa shape index (κ3) is 4.79. The lowest BCUT2D eigenvalue weighted by atomic mass is 10.1. The number of nitrogens with two attached hydrogens (primary N) is 1. The molecule has 0 spiro atoms. The minimum absolute atomic E-state index is 0.113. The molecule has 1 unspecified atom stereocenters. The van der Waals surface area contributed by atoms with Crippen LogP contribution in [0.15, 0.2) is 66.7 Å². The van der Waals surface area contributed by atoms with E-state index in [-0.39, 0.29) is 12.5 Å². The zero-order chi connectivity index (χ0) is 22.7. The van der Waals surface area contributed by atoms with Gasteiger partial charge in [-0.05, 0) is 29.8 Å². The summed E-state index contributed by atoms with van der Waals surface area (Å²) in [7, 11) is 1.69. The van der Waals surface area contributed by atoms with Crippen molar-refractivity contribution in [1.29, 1.82) is 0 Å². The van der Waals surface area contributed by atoms with Crippen LogP contribution in [0.25, 0.3) is 22.4 Å². The smallest absolute Gasteiger partial charge is 0.246 e. The summed E-state index contributed by atoms with van der Waals surface area (Å²) in [6.07, 6.45) is 0. The highest BCUT2D eigenvalue weighted by atomic mass is 35.5. The Morgan fingerprint density at radius 1 is 1.09 bits per heavy atom. The maximum absolute atomic E-state index is 13.0. The molecule has 1 atom stereocenters. The van der Waals surface area contributed by atoms with Crippen molar-refractivity contribution < 1.29 is 9.53 Å². The van der Waals surface area contributed by atoms with Gasteiger partial charge in [-0.2, -0.15) is 0 Å². The molecule has 1 amide bonds. The van der Waals surface area contributed by atoms with E-state index < -0.39 is 6.04 Å². The zero-order valence-electron chi connectivity index (χ0n) is 17.4. The fraction of sp³-hybridized carbons (Fsp3) is 0.167. The Morgan fingerprint density at radius 2 is 1.78 bits per heavy atom. The molecule has 1 heterocycles. The maximum Gasteiger partial charge on any atom is 0.246 e. The monoisotopic (exact) mass is 468 g/mol. The number of imidazole rings is 1. The first kappa shape index (κ1) is 22.3. The van der Waals surface area contributed by atoms with Crippen LogP contribution >= 0.6 is 23.2 Å². The summed E-state index contributed by atoms with van der Waals surface area (Å²) in [5, 5.41) is 0.871. The minimum atomic E-state index is -0.801. The highest BCUT2D eigenvalue weighted by molar-refractivity contribution is 6.42. The molecule has 3 N–H and O–H groups in total. The number of aromatic amines is 1. The van der Waals surface area contributed by atoms with E-state index in [1.807, 2.05) is 54.6 Å². The fourth-order valence-corrected chi connectivity index (χ4v) is 3.74. The summed E-state index contributed by atoms with van der Waals surface area (Å²) in [5.74, 6) is 0.343. The molecular weight excluding hydrogens is 447 g/mol. The average Bonchev–Trinajstić information content (AvgIpc) is 3.21. The first-order valence-corrected chi connectivity index (χ1v) is 10.8. The van der Waals surface area contributed by atoms with Crippen LogP contribution in [0.4, 0.5) is 5.69 Å². The van der Waals surface area contributed by atoms with Gasteiger partial charge in [0.2, 0.25) is 5.91 Å². The van der Waals surface area contributed by atoms with Crippen LogP contribution in [0, 0.1) is 0 Å². The number of para-hydroxylation sites is 1. The predicted molar refractivity (Wildman–Crippen MR) is 129 cm³/mol. The molecular formula is C24H22Cl2N4O2. The van der Waals surface area contributed by atoms with Crippen LogP contribution in [0.2, 0.25) is 10.0 Å². The molecule has 6 nitrogen and oxygen atoms in total. The lowest BCUT2D eigenvalue weighted by molar-refractivity contribution is -0.121. The van der Waals surface area contributed by atoms with Crippen LogP contribution in [-0.2, 0) is 16.1 Å². The molecule has 0 saturated heterocycles. The molecule has 1 aromatic heterocycles. The van der Waals surface area contributed by atoms with Gasteiger partial charge in [-0.15, -0.1) is 0 Å². The Labute approximate surface area is 195 Å². The molecule has 0 saturated carbocycles. The summed E-state index contributed by atoms with van der Waals surface area (Å²) >= 11 is 12.2. The summed E-state index contributed by atoms with van der Waals surface area (Å²) in [5.41, 5.74) is 10.0. The maximum atomic E-state index is 13.0. The van der Waals surface area contributed by atoms with Crippen LogP contribution in [-0.4, -0.2) is 35.6 Å². The van der Waals surface area contributed by atoms with Gasteiger partial charge in [0.1, 0.15) is 11.9 Å². The van der Waals surface area contributed by atoms with Crippen molar-refractivity contribution in [3.05, 3.63) is 82.3 Å². The number of halogens is 2. The predicted octanol–water partition coefficient (Wildman–Crippen LogP) is 5.04. The zero-order valence-corrected chi connectivity index (χ0v) is 18.9. The first-order chi connectivity index (χ1) is 15.4. The van der Waals surface area contributed by atoms with Gasteiger partial charge in [-0.3, -0.25) is 4.79 Å². The normalized spacial score (nSPS) is 12.1. The Hall–Kier alpha value is -2.90. The van der Waals surface area contributed by atoms with Gasteiger partial charge in [0.15, 0.2) is 0 Å². The van der Waals surface area contributed by atoms with E-state index in [9.17, 15) is 4.79 Å². The van der Waals surface area contributed by atoms with Gasteiger partial charge in [0.25, 0.3) is 0 Å². The van der Waals surface area contributed by atoms with Crippen LogP contribution in [0.3, 0.4) is 0 Å². The van der Waals surface area contributed by atoms with E-state index in [4.69, 9.17) is 33.7 Å². The Kier molecular flexibility index (Phi) is 6.77. The third-order valence-corrected chi connectivity index (χ3v) is 5.82. The molecule has 3 aromatic carbocycles. The van der Waals surface area contributed by atoms with Crippen LogP contribution in [0.1, 0.15) is 5.56 Å². The molecule has 4 aromatic rings. The Morgan fingerprint density at radius 3 is 2.56 bits per heavy atom. The second kappa shape index (κ2) is 9.71. The number of hydrogen-bond donors (Lipinski definition) is 2. The molecule has 0 aliphatic heterocycles. The molecule has 8 heteroatoms. The molecule has 0 aliphatic rings. The van der Waals surface area contributed by atoms with E-state index in [1.54, 1.807) is 19.2 Å². The number of benzene rings is 3. The van der Waals surface area contributed by atoms with Crippen molar-refractivity contribution in [2.24, 2.45) is 5.73 Å². The number of ether oxygens (including phenoxy) is 1. The standard InChI is InChI=1S/C24H22Cl2N4O2/c1-30(24(31)19(27)14-32-13-15-7-3-2-4-8-15)22-10-6-5-9-16(22)23-28-20-11-17(25)18(26)12-21(20)29-23/h2-12,19H,13-14,27H2,1H3,(H,28,29). The van der Waals surface area contributed by atoms with Gasteiger partial charge in [0.05, 0.1) is 40.0 Å². The van der Waals surface area contributed by atoms with Crippen molar-refractivity contribution in [2.75, 3.05) is 18.6 Å². The second-order valence-corrected chi connectivity index (χ2v) is 8.20. The number of carbonyl (C=O) groups excluding carboxylic acids is 1. The summed E-state index contributed by atoms with van der Waals surface area (Å²) in [4.78, 5) is 22.4. The van der Waals surface area contributed by atoms with Crippen molar-refractivity contribution >= 4 is 45.8 Å². The number of hydrogen-bond acceptors (Lipinski definition) is 4. The second-order valence-electron chi connectivity index (χ2n) is 7.39. The van der Waals surface area contributed by atoms with E-state index in [0.717, 1.165) is 16.6 Å². The number of H-pyrrole nitrogens is 1.